The van der Waals surface area contributed by atoms with Crippen molar-refractivity contribution in [1.29, 1.82) is 0 Å². The van der Waals surface area contributed by atoms with Crippen LogP contribution in [0.2, 0.25) is 0 Å². The molecule has 0 unspecified atom stereocenters. The third kappa shape index (κ3) is 4.59. The number of thiophene rings is 1. The van der Waals surface area contributed by atoms with Crippen LogP contribution in [0.3, 0.4) is 0 Å². The van der Waals surface area contributed by atoms with Crippen molar-refractivity contribution in [3.63, 3.8) is 0 Å². The minimum atomic E-state index is -1.03. The standard InChI is InChI=1S/C19H18N4O6S2/c1-8-5-12(23(27)28)13(29-4)6-11(8)22-14(24)7-30-17-15-9(2)16(19(25)26)31-18(15)21-10(3)20-17/h5-6H,7H2,1-4H3,(H,22,24)(H,25,26). The summed E-state index contributed by atoms with van der Waals surface area (Å²) in [6, 6.07) is 2.74. The summed E-state index contributed by atoms with van der Waals surface area (Å²) in [6.45, 7) is 5.04. The lowest BCUT2D eigenvalue weighted by molar-refractivity contribution is -0.385. The molecule has 1 aromatic carbocycles. The zero-order valence-corrected chi connectivity index (χ0v) is 18.6. The predicted octanol–water partition coefficient (Wildman–Crippen LogP) is 3.96. The zero-order valence-electron chi connectivity index (χ0n) is 17.0. The third-order valence-electron chi connectivity index (χ3n) is 4.40. The number of carbonyl (C=O) groups excluding carboxylic acids is 1. The number of aromatic nitrogens is 2. The van der Waals surface area contributed by atoms with Gasteiger partial charge in [0.2, 0.25) is 5.91 Å². The van der Waals surface area contributed by atoms with Gasteiger partial charge in [0.1, 0.15) is 20.6 Å². The van der Waals surface area contributed by atoms with Gasteiger partial charge >= 0.3 is 11.7 Å². The topological polar surface area (TPSA) is 145 Å². The minimum Gasteiger partial charge on any atom is -0.490 e. The number of nitro benzene ring substituents is 1. The van der Waals surface area contributed by atoms with E-state index in [1.807, 2.05) is 0 Å². The summed E-state index contributed by atoms with van der Waals surface area (Å²) in [7, 11) is 1.32. The van der Waals surface area contributed by atoms with Gasteiger partial charge < -0.3 is 15.2 Å². The first kappa shape index (κ1) is 22.4. The lowest BCUT2D eigenvalue weighted by atomic mass is 10.1. The number of carboxylic acid groups (broad SMARTS) is 1. The van der Waals surface area contributed by atoms with Crippen molar-refractivity contribution in [3.8, 4) is 5.75 Å². The van der Waals surface area contributed by atoms with Gasteiger partial charge in [0.15, 0.2) is 5.75 Å². The number of aryl methyl sites for hydroxylation is 3. The number of nitrogens with zero attached hydrogens (tertiary/aromatic N) is 3. The second kappa shape index (κ2) is 8.86. The van der Waals surface area contributed by atoms with E-state index in [-0.39, 0.29) is 28.0 Å². The fourth-order valence-electron chi connectivity index (χ4n) is 2.95. The molecule has 3 aromatic rings. The van der Waals surface area contributed by atoms with E-state index in [4.69, 9.17) is 4.74 Å². The number of nitro groups is 1. The van der Waals surface area contributed by atoms with Gasteiger partial charge in [-0.25, -0.2) is 14.8 Å². The SMILES string of the molecule is COc1cc(NC(=O)CSc2nc(C)nc3sc(C(=O)O)c(C)c23)c(C)cc1[N+](=O)[O-]. The molecule has 0 radical (unpaired) electrons. The molecule has 0 fully saturated rings. The number of carboxylic acids is 1. The lowest BCUT2D eigenvalue weighted by Crippen LogP contribution is -2.15. The van der Waals surface area contributed by atoms with Crippen molar-refractivity contribution in [2.45, 2.75) is 25.8 Å². The average molecular weight is 463 g/mol. The molecule has 0 spiro atoms. The molecule has 0 bridgehead atoms. The first-order chi connectivity index (χ1) is 14.6. The summed E-state index contributed by atoms with van der Waals surface area (Å²) < 4.78 is 5.05. The number of ether oxygens (including phenoxy) is 1. The van der Waals surface area contributed by atoms with Crippen molar-refractivity contribution < 1.29 is 24.4 Å². The van der Waals surface area contributed by atoms with E-state index in [1.54, 1.807) is 20.8 Å². The number of rotatable bonds is 7. The fourth-order valence-corrected chi connectivity index (χ4v) is 5.01. The van der Waals surface area contributed by atoms with Gasteiger partial charge in [-0.05, 0) is 31.9 Å². The molecule has 0 aliphatic rings. The first-order valence-electron chi connectivity index (χ1n) is 8.89. The maximum Gasteiger partial charge on any atom is 0.346 e. The molecule has 0 atom stereocenters. The number of aromatic carboxylic acids is 1. The Bertz CT molecular complexity index is 1220. The van der Waals surface area contributed by atoms with Crippen LogP contribution in [-0.2, 0) is 4.79 Å². The second-order valence-electron chi connectivity index (χ2n) is 6.55. The van der Waals surface area contributed by atoms with E-state index < -0.39 is 10.9 Å². The van der Waals surface area contributed by atoms with Gasteiger partial charge in [0.25, 0.3) is 0 Å². The van der Waals surface area contributed by atoms with E-state index in [2.05, 4.69) is 15.3 Å². The summed E-state index contributed by atoms with van der Waals surface area (Å²) in [5.74, 6) is -0.859. The Morgan fingerprint density at radius 3 is 2.61 bits per heavy atom. The number of fused-ring (bicyclic) bond motifs is 1. The Labute approximate surface area is 184 Å². The van der Waals surface area contributed by atoms with Crippen LogP contribution in [0, 0.1) is 30.9 Å². The summed E-state index contributed by atoms with van der Waals surface area (Å²) >= 11 is 2.24. The zero-order chi connectivity index (χ0) is 22.9. The second-order valence-corrected chi connectivity index (χ2v) is 8.51. The van der Waals surface area contributed by atoms with E-state index in [0.29, 0.717) is 37.9 Å². The number of thioether (sulfide) groups is 1. The predicted molar refractivity (Wildman–Crippen MR) is 118 cm³/mol. The minimum absolute atomic E-state index is 0.00197. The Balaban J connectivity index is 1.83. The maximum absolute atomic E-state index is 12.5. The monoisotopic (exact) mass is 462 g/mol. The molecule has 0 aliphatic heterocycles. The van der Waals surface area contributed by atoms with Gasteiger partial charge in [-0.2, -0.15) is 0 Å². The summed E-state index contributed by atoms with van der Waals surface area (Å²) in [5, 5.41) is 24.4. The van der Waals surface area contributed by atoms with Crippen molar-refractivity contribution in [1.82, 2.24) is 9.97 Å². The largest absolute Gasteiger partial charge is 0.490 e. The smallest absolute Gasteiger partial charge is 0.346 e. The molecule has 162 valence electrons. The maximum atomic E-state index is 12.5. The summed E-state index contributed by atoms with van der Waals surface area (Å²) in [6.07, 6.45) is 0. The highest BCUT2D eigenvalue weighted by Crippen LogP contribution is 2.36. The van der Waals surface area contributed by atoms with Crippen molar-refractivity contribution >= 4 is 56.6 Å². The molecule has 0 aliphatic carbocycles. The van der Waals surface area contributed by atoms with Crippen LogP contribution in [0.1, 0.15) is 26.6 Å². The van der Waals surface area contributed by atoms with Gasteiger partial charge in [0, 0.05) is 23.2 Å². The Morgan fingerprint density at radius 1 is 1.29 bits per heavy atom. The number of carbonyl (C=O) groups is 2. The Morgan fingerprint density at radius 2 is 2.00 bits per heavy atom. The number of nitrogens with one attached hydrogen (secondary N) is 1. The molecule has 2 heterocycles. The third-order valence-corrected chi connectivity index (χ3v) is 6.55. The van der Waals surface area contributed by atoms with Gasteiger partial charge in [0.05, 0.1) is 17.8 Å². The number of anilines is 1. The highest BCUT2D eigenvalue weighted by molar-refractivity contribution is 8.00. The van der Waals surface area contributed by atoms with E-state index in [0.717, 1.165) is 11.3 Å². The van der Waals surface area contributed by atoms with Gasteiger partial charge in [-0.15, -0.1) is 11.3 Å². The lowest BCUT2D eigenvalue weighted by Gasteiger charge is -2.11. The molecule has 2 aromatic heterocycles. The normalized spacial score (nSPS) is 10.8. The van der Waals surface area contributed by atoms with Crippen LogP contribution in [0.4, 0.5) is 11.4 Å². The number of hydrogen-bond donors (Lipinski definition) is 2. The molecule has 12 heteroatoms. The Hall–Kier alpha value is -3.25. The average Bonchev–Trinajstić information content (AvgIpc) is 3.03. The van der Waals surface area contributed by atoms with Gasteiger partial charge in [-0.3, -0.25) is 14.9 Å². The molecular weight excluding hydrogens is 444 g/mol. The van der Waals surface area contributed by atoms with Crippen LogP contribution in [-0.4, -0.2) is 44.7 Å². The highest BCUT2D eigenvalue weighted by Gasteiger charge is 2.21. The molecule has 2 N–H and O–H groups in total. The number of amides is 1. The number of methoxy groups -OCH3 is 1. The van der Waals surface area contributed by atoms with Crippen LogP contribution < -0.4 is 10.1 Å². The molecule has 31 heavy (non-hydrogen) atoms. The van der Waals surface area contributed by atoms with E-state index in [1.165, 1.54) is 31.0 Å². The summed E-state index contributed by atoms with van der Waals surface area (Å²) in [5.41, 5.74) is 1.29. The molecule has 0 saturated heterocycles. The van der Waals surface area contributed by atoms with Crippen LogP contribution in [0.5, 0.6) is 5.75 Å². The van der Waals surface area contributed by atoms with Crippen molar-refractivity contribution in [2.24, 2.45) is 0 Å². The van der Waals surface area contributed by atoms with E-state index in [9.17, 15) is 24.8 Å². The number of benzene rings is 1. The Kier molecular flexibility index (Phi) is 6.41. The van der Waals surface area contributed by atoms with Crippen LogP contribution in [0.25, 0.3) is 10.2 Å². The molecule has 1 amide bonds. The van der Waals surface area contributed by atoms with E-state index >= 15 is 0 Å². The number of hydrogen-bond acceptors (Lipinski definition) is 9. The molecule has 0 saturated carbocycles. The fraction of sp³-hybridized carbons (Fsp3) is 0.263. The highest BCUT2D eigenvalue weighted by atomic mass is 32.2. The van der Waals surface area contributed by atoms with Gasteiger partial charge in [-0.1, -0.05) is 11.8 Å². The van der Waals surface area contributed by atoms with Crippen molar-refractivity contribution in [2.75, 3.05) is 18.2 Å². The van der Waals surface area contributed by atoms with Crippen LogP contribution >= 0.6 is 23.1 Å². The molecular formula is C19H18N4O6S2. The van der Waals surface area contributed by atoms with Crippen LogP contribution in [0.15, 0.2) is 17.2 Å². The quantitative estimate of drug-likeness (QED) is 0.231. The molecule has 3 rings (SSSR count). The summed E-state index contributed by atoms with van der Waals surface area (Å²) in [4.78, 5) is 44.0. The molecule has 10 nitrogen and oxygen atoms in total. The first-order valence-corrected chi connectivity index (χ1v) is 10.7. The van der Waals surface area contributed by atoms with Crippen molar-refractivity contribution in [3.05, 3.63) is 44.1 Å².